The molecule has 2 aromatic rings. The molecule has 0 unspecified atom stereocenters. The predicted molar refractivity (Wildman–Crippen MR) is 111 cm³/mol. The molecule has 6 nitrogen and oxygen atoms in total. The Kier molecular flexibility index (Phi) is 6.99. The molecule has 1 N–H and O–H groups in total. The second-order valence-electron chi connectivity index (χ2n) is 8.75. The fourth-order valence-corrected chi connectivity index (χ4v) is 3.06. The summed E-state index contributed by atoms with van der Waals surface area (Å²) in [5, 5.41) is 14.7. The number of Topliss-reactive ketones (excluding diaryl/α,β-unsaturated/α-hetero) is 1. The lowest BCUT2D eigenvalue weighted by atomic mass is 9.88. The lowest BCUT2D eigenvalue weighted by molar-refractivity contribution is -0.131. The van der Waals surface area contributed by atoms with Crippen LogP contribution >= 0.6 is 0 Å². The Labute approximate surface area is 167 Å². The Bertz CT molecular complexity index is 847. The number of carbonyl (C=O) groups excluding carboxylic acids is 2. The number of aromatic nitrogens is 2. The van der Waals surface area contributed by atoms with Gasteiger partial charge in [0, 0.05) is 23.9 Å². The normalized spacial score (nSPS) is 12.0. The number of carbonyl (C=O) groups is 2. The highest BCUT2D eigenvalue weighted by Gasteiger charge is 2.28. The molecule has 2 rings (SSSR count). The van der Waals surface area contributed by atoms with Gasteiger partial charge in [-0.2, -0.15) is 5.10 Å². The van der Waals surface area contributed by atoms with Gasteiger partial charge in [-0.1, -0.05) is 46.8 Å². The van der Waals surface area contributed by atoms with Gasteiger partial charge in [-0.25, -0.2) is 0 Å². The van der Waals surface area contributed by atoms with Crippen LogP contribution in [0, 0.1) is 11.3 Å². The van der Waals surface area contributed by atoms with Gasteiger partial charge in [-0.05, 0) is 30.9 Å². The van der Waals surface area contributed by atoms with Crippen molar-refractivity contribution in [2.75, 3.05) is 13.1 Å². The molecule has 1 heterocycles. The molecule has 0 aliphatic heterocycles. The highest BCUT2D eigenvalue weighted by atomic mass is 16.3. The van der Waals surface area contributed by atoms with E-state index in [1.165, 1.54) is 0 Å². The monoisotopic (exact) mass is 387 g/mol. The molecule has 0 aliphatic rings. The number of hydrogen-bond donors (Lipinski definition) is 1. The Morgan fingerprint density at radius 2 is 1.93 bits per heavy atom. The first-order valence-corrected chi connectivity index (χ1v) is 10.0. The molecule has 1 aromatic heterocycles. The first-order chi connectivity index (χ1) is 13.1. The molecule has 154 valence electrons. The Morgan fingerprint density at radius 1 is 1.25 bits per heavy atom. The zero-order valence-electron chi connectivity index (χ0n) is 18.0. The number of nitrogens with zero attached hydrogens (tertiary/aromatic N) is 3. The van der Waals surface area contributed by atoms with Gasteiger partial charge >= 0.3 is 0 Å². The topological polar surface area (TPSA) is 75.4 Å². The number of ketones is 1. The van der Waals surface area contributed by atoms with Crippen LogP contribution in [0.2, 0.25) is 0 Å². The number of aliphatic hydroxyl groups is 1. The summed E-state index contributed by atoms with van der Waals surface area (Å²) in [5.74, 6) is 0.444. The second-order valence-corrected chi connectivity index (χ2v) is 8.75. The minimum Gasteiger partial charge on any atom is -0.392 e. The average Bonchev–Trinajstić information content (AvgIpc) is 2.98. The van der Waals surface area contributed by atoms with E-state index in [1.54, 1.807) is 16.8 Å². The fraction of sp³-hybridized carbons (Fsp3) is 0.591. The van der Waals surface area contributed by atoms with E-state index < -0.39 is 5.41 Å². The lowest BCUT2D eigenvalue weighted by Crippen LogP contribution is -2.35. The number of likely N-dealkylation sites (N-methyl/N-ethyl adjacent to an activating group) is 1. The van der Waals surface area contributed by atoms with Crippen molar-refractivity contribution in [1.29, 1.82) is 0 Å². The SMILES string of the molecule is CCN(CCC(C)C)C(=O)Cn1nc(C(=O)C(C)(C)C)c2ccc(CO)cc21. The third kappa shape index (κ3) is 4.98. The molecular weight excluding hydrogens is 354 g/mol. The summed E-state index contributed by atoms with van der Waals surface area (Å²) in [6, 6.07) is 5.40. The van der Waals surface area contributed by atoms with Crippen LogP contribution in [0.4, 0.5) is 0 Å². The largest absolute Gasteiger partial charge is 0.392 e. The summed E-state index contributed by atoms with van der Waals surface area (Å²) in [4.78, 5) is 27.6. The van der Waals surface area contributed by atoms with Crippen molar-refractivity contribution in [2.24, 2.45) is 11.3 Å². The first-order valence-electron chi connectivity index (χ1n) is 10.0. The smallest absolute Gasteiger partial charge is 0.244 e. The minimum absolute atomic E-state index is 0.0169. The van der Waals surface area contributed by atoms with Gasteiger partial charge in [-0.15, -0.1) is 0 Å². The number of benzene rings is 1. The van der Waals surface area contributed by atoms with Gasteiger partial charge < -0.3 is 10.0 Å². The molecule has 0 fully saturated rings. The van der Waals surface area contributed by atoms with Crippen LogP contribution in [-0.2, 0) is 17.9 Å². The molecule has 28 heavy (non-hydrogen) atoms. The molecule has 1 amide bonds. The van der Waals surface area contributed by atoms with Crippen LogP contribution in [0.5, 0.6) is 0 Å². The molecule has 0 bridgehead atoms. The van der Waals surface area contributed by atoms with E-state index in [4.69, 9.17) is 0 Å². The predicted octanol–water partition coefficient (Wildman–Crippen LogP) is 3.65. The summed E-state index contributed by atoms with van der Waals surface area (Å²) in [6.07, 6.45) is 0.946. The highest BCUT2D eigenvalue weighted by Crippen LogP contribution is 2.27. The zero-order chi connectivity index (χ0) is 21.1. The first kappa shape index (κ1) is 22.1. The van der Waals surface area contributed by atoms with Crippen molar-refractivity contribution in [3.63, 3.8) is 0 Å². The maximum Gasteiger partial charge on any atom is 0.244 e. The van der Waals surface area contributed by atoms with Gasteiger partial charge in [0.25, 0.3) is 0 Å². The number of rotatable bonds is 8. The Morgan fingerprint density at radius 3 is 2.46 bits per heavy atom. The quantitative estimate of drug-likeness (QED) is 0.702. The molecule has 1 aromatic carbocycles. The van der Waals surface area contributed by atoms with Gasteiger partial charge in [-0.3, -0.25) is 14.3 Å². The molecule has 0 saturated heterocycles. The van der Waals surface area contributed by atoms with Crippen molar-refractivity contribution < 1.29 is 14.7 Å². The van der Waals surface area contributed by atoms with E-state index in [1.807, 2.05) is 38.7 Å². The van der Waals surface area contributed by atoms with E-state index in [0.717, 1.165) is 17.4 Å². The fourth-order valence-electron chi connectivity index (χ4n) is 3.06. The van der Waals surface area contributed by atoms with E-state index in [9.17, 15) is 14.7 Å². The van der Waals surface area contributed by atoms with Crippen molar-refractivity contribution in [3.8, 4) is 0 Å². The van der Waals surface area contributed by atoms with Crippen LogP contribution in [0.15, 0.2) is 18.2 Å². The summed E-state index contributed by atoms with van der Waals surface area (Å²) < 4.78 is 1.60. The Balaban J connectivity index is 2.42. The number of hydrogen-bond acceptors (Lipinski definition) is 4. The van der Waals surface area contributed by atoms with E-state index in [0.29, 0.717) is 30.2 Å². The van der Waals surface area contributed by atoms with Crippen molar-refractivity contribution in [3.05, 3.63) is 29.5 Å². The molecule has 0 radical (unpaired) electrons. The van der Waals surface area contributed by atoms with Crippen molar-refractivity contribution in [1.82, 2.24) is 14.7 Å². The molecular formula is C22H33N3O3. The summed E-state index contributed by atoms with van der Waals surface area (Å²) in [7, 11) is 0. The van der Waals surface area contributed by atoms with Gasteiger partial charge in [0.15, 0.2) is 5.78 Å². The highest BCUT2D eigenvalue weighted by molar-refractivity contribution is 6.08. The molecule has 0 spiro atoms. The minimum atomic E-state index is -0.571. The van der Waals surface area contributed by atoms with E-state index in [-0.39, 0.29) is 24.8 Å². The summed E-state index contributed by atoms with van der Waals surface area (Å²) in [5.41, 5.74) is 1.24. The van der Waals surface area contributed by atoms with Crippen molar-refractivity contribution in [2.45, 2.75) is 61.1 Å². The molecule has 6 heteroatoms. The molecule has 0 aliphatic carbocycles. The lowest BCUT2D eigenvalue weighted by Gasteiger charge is -2.22. The van der Waals surface area contributed by atoms with Crippen LogP contribution in [-0.4, -0.2) is 44.6 Å². The van der Waals surface area contributed by atoms with Crippen molar-refractivity contribution >= 4 is 22.6 Å². The van der Waals surface area contributed by atoms with Crippen LogP contribution < -0.4 is 0 Å². The second kappa shape index (κ2) is 8.86. The summed E-state index contributed by atoms with van der Waals surface area (Å²) >= 11 is 0. The standard InChI is InChI=1S/C22H33N3O3/c1-7-24(11-10-15(2)3)19(27)13-25-18-12-16(14-26)8-9-17(18)20(23-25)21(28)22(4,5)6/h8-9,12,15,26H,7,10-11,13-14H2,1-6H3. The van der Waals surface area contributed by atoms with Gasteiger partial charge in [0.05, 0.1) is 12.1 Å². The van der Waals surface area contributed by atoms with Crippen LogP contribution in [0.3, 0.4) is 0 Å². The number of amides is 1. The zero-order valence-corrected chi connectivity index (χ0v) is 18.0. The van der Waals surface area contributed by atoms with Gasteiger partial charge in [0.2, 0.25) is 5.91 Å². The maximum atomic E-state index is 12.9. The molecule has 0 atom stereocenters. The van der Waals surface area contributed by atoms with Crippen LogP contribution in [0.1, 0.15) is 64.0 Å². The van der Waals surface area contributed by atoms with Crippen LogP contribution in [0.25, 0.3) is 10.9 Å². The molecule has 0 saturated carbocycles. The maximum absolute atomic E-state index is 12.9. The van der Waals surface area contributed by atoms with E-state index in [2.05, 4.69) is 18.9 Å². The average molecular weight is 388 g/mol. The third-order valence-corrected chi connectivity index (χ3v) is 4.89. The number of aliphatic hydroxyl groups excluding tert-OH is 1. The van der Waals surface area contributed by atoms with E-state index >= 15 is 0 Å². The van der Waals surface area contributed by atoms with Gasteiger partial charge in [0.1, 0.15) is 12.2 Å². The summed E-state index contributed by atoms with van der Waals surface area (Å²) in [6.45, 7) is 13.1. The Hall–Kier alpha value is -2.21. The third-order valence-electron chi connectivity index (χ3n) is 4.89. The number of fused-ring (bicyclic) bond motifs is 1.